The Labute approximate surface area is 218 Å². The quantitative estimate of drug-likeness (QED) is 0.299. The van der Waals surface area contributed by atoms with Crippen LogP contribution < -0.4 is 19.1 Å². The maximum Gasteiger partial charge on any atom is 0.264 e. The van der Waals surface area contributed by atoms with Crippen LogP contribution in [-0.2, 0) is 21.2 Å². The van der Waals surface area contributed by atoms with E-state index in [4.69, 9.17) is 9.47 Å². The lowest BCUT2D eigenvalue weighted by atomic mass is 10.1. The van der Waals surface area contributed by atoms with Crippen LogP contribution in [0.5, 0.6) is 11.5 Å². The fourth-order valence-corrected chi connectivity index (χ4v) is 5.10. The Morgan fingerprint density at radius 3 is 2.32 bits per heavy atom. The van der Waals surface area contributed by atoms with Crippen LogP contribution in [0.4, 0.5) is 10.1 Å². The third kappa shape index (κ3) is 7.95. The molecule has 198 valence electrons. The van der Waals surface area contributed by atoms with Gasteiger partial charge in [-0.3, -0.25) is 9.10 Å². The van der Waals surface area contributed by atoms with E-state index in [0.29, 0.717) is 44.0 Å². The molecule has 37 heavy (non-hydrogen) atoms. The van der Waals surface area contributed by atoms with E-state index in [9.17, 15) is 17.6 Å². The van der Waals surface area contributed by atoms with E-state index in [1.165, 1.54) is 12.1 Å². The predicted molar refractivity (Wildman–Crippen MR) is 142 cm³/mol. The third-order valence-corrected chi connectivity index (χ3v) is 7.29. The van der Waals surface area contributed by atoms with Crippen molar-refractivity contribution < 1.29 is 27.1 Å². The lowest BCUT2D eigenvalue weighted by Crippen LogP contribution is -2.41. The molecule has 0 radical (unpaired) electrons. The summed E-state index contributed by atoms with van der Waals surface area (Å²) in [5.41, 5.74) is 1.35. The highest BCUT2D eigenvalue weighted by atomic mass is 32.2. The average Bonchev–Trinajstić information content (AvgIpc) is 2.90. The van der Waals surface area contributed by atoms with Crippen LogP contribution in [0.2, 0.25) is 0 Å². The number of aryl methyl sites for hydroxylation is 1. The standard InChI is InChI=1S/C28H33FN2O5S/c1-3-20-36-27-10-6-5-8-22(27)9-7-19-30-28(32)21-31(24-13-15-25(16-14-24)35-4-2)37(33,34)26-17-11-23(29)12-18-26/h5-6,8,10-18H,3-4,7,9,19-21H2,1-2H3,(H,30,32). The number of hydrogen-bond acceptors (Lipinski definition) is 5. The van der Waals surface area contributed by atoms with E-state index in [0.717, 1.165) is 34.2 Å². The Bertz CT molecular complexity index is 1250. The molecule has 0 saturated heterocycles. The van der Waals surface area contributed by atoms with Crippen molar-refractivity contribution in [2.45, 2.75) is 38.0 Å². The molecule has 0 unspecified atom stereocenters. The van der Waals surface area contributed by atoms with Gasteiger partial charge in [-0.2, -0.15) is 0 Å². The maximum absolute atomic E-state index is 13.4. The van der Waals surface area contributed by atoms with Gasteiger partial charge >= 0.3 is 0 Å². The number of ether oxygens (including phenoxy) is 2. The normalized spacial score (nSPS) is 11.1. The van der Waals surface area contributed by atoms with E-state index < -0.39 is 28.3 Å². The minimum Gasteiger partial charge on any atom is -0.494 e. The molecule has 3 aromatic carbocycles. The van der Waals surface area contributed by atoms with Crippen LogP contribution in [0.15, 0.2) is 77.7 Å². The molecule has 0 bridgehead atoms. The fraction of sp³-hybridized carbons (Fsp3) is 0.321. The van der Waals surface area contributed by atoms with Gasteiger partial charge in [0.25, 0.3) is 10.0 Å². The van der Waals surface area contributed by atoms with Crippen molar-refractivity contribution in [3.8, 4) is 11.5 Å². The number of hydrogen-bond donors (Lipinski definition) is 1. The molecule has 3 aromatic rings. The molecule has 7 nitrogen and oxygen atoms in total. The summed E-state index contributed by atoms with van der Waals surface area (Å²) in [5.74, 6) is 0.418. The molecular formula is C28H33FN2O5S. The predicted octanol–water partition coefficient (Wildman–Crippen LogP) is 4.96. The van der Waals surface area contributed by atoms with Crippen molar-refractivity contribution in [3.05, 3.63) is 84.2 Å². The molecular weight excluding hydrogens is 495 g/mol. The zero-order valence-electron chi connectivity index (χ0n) is 21.2. The Balaban J connectivity index is 1.69. The van der Waals surface area contributed by atoms with Gasteiger partial charge in [0.15, 0.2) is 0 Å². The average molecular weight is 529 g/mol. The summed E-state index contributed by atoms with van der Waals surface area (Å²) in [6.07, 6.45) is 2.28. The summed E-state index contributed by atoms with van der Waals surface area (Å²) < 4.78 is 52.5. The lowest BCUT2D eigenvalue weighted by molar-refractivity contribution is -0.119. The second-order valence-electron chi connectivity index (χ2n) is 8.30. The summed E-state index contributed by atoms with van der Waals surface area (Å²) in [7, 11) is -4.13. The van der Waals surface area contributed by atoms with Gasteiger partial charge < -0.3 is 14.8 Å². The number of carbonyl (C=O) groups is 1. The summed E-state index contributed by atoms with van der Waals surface area (Å²) >= 11 is 0. The first-order valence-corrected chi connectivity index (χ1v) is 13.8. The van der Waals surface area contributed by atoms with Crippen LogP contribution in [0, 0.1) is 5.82 Å². The first-order chi connectivity index (χ1) is 17.8. The lowest BCUT2D eigenvalue weighted by Gasteiger charge is -2.24. The first kappa shape index (κ1) is 28.0. The number of para-hydroxylation sites is 1. The van der Waals surface area contributed by atoms with Gasteiger partial charge in [-0.1, -0.05) is 25.1 Å². The number of nitrogens with one attached hydrogen (secondary N) is 1. The molecule has 0 aliphatic rings. The van der Waals surface area contributed by atoms with Gasteiger partial charge in [0.2, 0.25) is 5.91 Å². The van der Waals surface area contributed by atoms with Gasteiger partial charge in [-0.25, -0.2) is 12.8 Å². The van der Waals surface area contributed by atoms with Crippen molar-refractivity contribution in [2.24, 2.45) is 0 Å². The highest BCUT2D eigenvalue weighted by Crippen LogP contribution is 2.26. The van der Waals surface area contributed by atoms with E-state index in [1.807, 2.05) is 38.1 Å². The molecule has 0 aliphatic heterocycles. The van der Waals surface area contributed by atoms with Crippen molar-refractivity contribution in [2.75, 3.05) is 30.6 Å². The summed E-state index contributed by atoms with van der Waals surface area (Å²) in [6.45, 7) is 4.94. The molecule has 0 aromatic heterocycles. The second-order valence-corrected chi connectivity index (χ2v) is 10.2. The van der Waals surface area contributed by atoms with Crippen LogP contribution in [0.3, 0.4) is 0 Å². The monoisotopic (exact) mass is 528 g/mol. The number of amides is 1. The van der Waals surface area contributed by atoms with E-state index in [-0.39, 0.29) is 4.90 Å². The Kier molecular flexibility index (Phi) is 10.3. The summed E-state index contributed by atoms with van der Waals surface area (Å²) in [5, 5.41) is 2.81. The van der Waals surface area contributed by atoms with E-state index >= 15 is 0 Å². The van der Waals surface area contributed by atoms with Crippen molar-refractivity contribution in [3.63, 3.8) is 0 Å². The van der Waals surface area contributed by atoms with E-state index in [2.05, 4.69) is 5.32 Å². The SMILES string of the molecule is CCCOc1ccccc1CCCNC(=O)CN(c1ccc(OCC)cc1)S(=O)(=O)c1ccc(F)cc1. The summed E-state index contributed by atoms with van der Waals surface area (Å²) in [6, 6.07) is 18.7. The topological polar surface area (TPSA) is 84.9 Å². The first-order valence-electron chi connectivity index (χ1n) is 12.3. The molecule has 0 aliphatic carbocycles. The number of halogens is 1. The molecule has 9 heteroatoms. The number of carbonyl (C=O) groups excluding carboxylic acids is 1. The van der Waals surface area contributed by atoms with Gasteiger partial charge in [0.05, 0.1) is 23.8 Å². The molecule has 0 saturated carbocycles. The van der Waals surface area contributed by atoms with Gasteiger partial charge in [0, 0.05) is 6.54 Å². The second kappa shape index (κ2) is 13.6. The van der Waals surface area contributed by atoms with Crippen LogP contribution in [0.25, 0.3) is 0 Å². The van der Waals surface area contributed by atoms with Crippen molar-refractivity contribution >= 4 is 21.6 Å². The Morgan fingerprint density at radius 1 is 0.946 bits per heavy atom. The molecule has 0 heterocycles. The van der Waals surface area contributed by atoms with Crippen molar-refractivity contribution in [1.29, 1.82) is 0 Å². The fourth-order valence-electron chi connectivity index (χ4n) is 3.68. The Hall–Kier alpha value is -3.59. The number of anilines is 1. The number of nitrogens with zero attached hydrogens (tertiary/aromatic N) is 1. The Morgan fingerprint density at radius 2 is 1.65 bits per heavy atom. The maximum atomic E-state index is 13.4. The van der Waals surface area contributed by atoms with Crippen molar-refractivity contribution in [1.82, 2.24) is 5.32 Å². The third-order valence-electron chi connectivity index (χ3n) is 5.50. The molecule has 3 rings (SSSR count). The van der Waals surface area contributed by atoms with E-state index in [1.54, 1.807) is 24.3 Å². The minimum atomic E-state index is -4.13. The van der Waals surface area contributed by atoms with Crippen LogP contribution in [0.1, 0.15) is 32.3 Å². The molecule has 0 spiro atoms. The zero-order valence-corrected chi connectivity index (χ0v) is 22.0. The highest BCUT2D eigenvalue weighted by molar-refractivity contribution is 7.92. The summed E-state index contributed by atoms with van der Waals surface area (Å²) in [4.78, 5) is 12.7. The van der Waals surface area contributed by atoms with Crippen LogP contribution >= 0.6 is 0 Å². The van der Waals surface area contributed by atoms with Gasteiger partial charge in [-0.05, 0) is 86.3 Å². The molecule has 0 fully saturated rings. The largest absolute Gasteiger partial charge is 0.494 e. The van der Waals surface area contributed by atoms with Crippen LogP contribution in [-0.4, -0.2) is 40.6 Å². The molecule has 0 atom stereocenters. The van der Waals surface area contributed by atoms with Gasteiger partial charge in [0.1, 0.15) is 23.9 Å². The number of sulfonamides is 1. The smallest absolute Gasteiger partial charge is 0.264 e. The highest BCUT2D eigenvalue weighted by Gasteiger charge is 2.27. The molecule has 1 N–H and O–H groups in total. The number of rotatable bonds is 14. The minimum absolute atomic E-state index is 0.112. The van der Waals surface area contributed by atoms with Gasteiger partial charge in [-0.15, -0.1) is 0 Å². The number of benzene rings is 3. The molecule has 1 amide bonds. The zero-order chi connectivity index (χ0) is 26.7.